The van der Waals surface area contributed by atoms with Gasteiger partial charge in [0.25, 0.3) is 0 Å². The predicted molar refractivity (Wildman–Crippen MR) is 164 cm³/mol. The standard InChI is InChI=1S/C32H37N7O2S/c1-24-18-25(2)31(42(40,41)39-17-16-38(22-26(39)3)32-28(21-34)9-6-11-35-32)19-29(24)23-36-12-7-13-37(15-14-36)30-10-5-4-8-27(30)20-33/h4-6,8-11,18-19,26H,7,12-17,22-23H2,1-3H3/t26-/m0/s1. The summed E-state index contributed by atoms with van der Waals surface area (Å²) in [5.41, 5.74) is 5.00. The molecule has 0 N–H and O–H groups in total. The van der Waals surface area contributed by atoms with Gasteiger partial charge in [0, 0.05) is 64.6 Å². The smallest absolute Gasteiger partial charge is 0.243 e. The highest BCUT2D eigenvalue weighted by Crippen LogP contribution is 2.29. The number of piperazine rings is 1. The van der Waals surface area contributed by atoms with Crippen molar-refractivity contribution in [3.8, 4) is 12.1 Å². The maximum atomic E-state index is 14.0. The first-order chi connectivity index (χ1) is 20.2. The van der Waals surface area contributed by atoms with Gasteiger partial charge in [0.1, 0.15) is 18.0 Å². The van der Waals surface area contributed by atoms with Crippen LogP contribution >= 0.6 is 0 Å². The van der Waals surface area contributed by atoms with Gasteiger partial charge >= 0.3 is 0 Å². The zero-order valence-electron chi connectivity index (χ0n) is 24.5. The van der Waals surface area contributed by atoms with Gasteiger partial charge in [-0.3, -0.25) is 4.90 Å². The molecule has 0 bridgehead atoms. The summed E-state index contributed by atoms with van der Waals surface area (Å²) in [6.45, 7) is 11.2. The Hall–Kier alpha value is -3.96. The van der Waals surface area contributed by atoms with E-state index in [4.69, 9.17) is 0 Å². The number of pyridine rings is 1. The highest BCUT2D eigenvalue weighted by Gasteiger charge is 2.36. The molecule has 2 aliphatic heterocycles. The molecule has 3 heterocycles. The predicted octanol–water partition coefficient (Wildman–Crippen LogP) is 4.05. The van der Waals surface area contributed by atoms with Crippen molar-refractivity contribution in [3.05, 3.63) is 82.5 Å². The zero-order valence-corrected chi connectivity index (χ0v) is 25.3. The molecule has 2 aliphatic rings. The zero-order chi connectivity index (χ0) is 29.9. The fourth-order valence-electron chi connectivity index (χ4n) is 6.13. The lowest BCUT2D eigenvalue weighted by Gasteiger charge is -2.40. The SMILES string of the molecule is Cc1cc(C)c(S(=O)(=O)N2CCN(c3ncccc3C#N)C[C@@H]2C)cc1CN1CCCN(c2ccccc2C#N)CC1. The van der Waals surface area contributed by atoms with Gasteiger partial charge in [0.2, 0.25) is 10.0 Å². The van der Waals surface area contributed by atoms with Crippen molar-refractivity contribution in [2.45, 2.75) is 44.7 Å². The third kappa shape index (κ3) is 5.98. The van der Waals surface area contributed by atoms with E-state index >= 15 is 0 Å². The van der Waals surface area contributed by atoms with Crippen LogP contribution in [0.5, 0.6) is 0 Å². The first kappa shape index (κ1) is 29.5. The second kappa shape index (κ2) is 12.5. The molecule has 0 unspecified atom stereocenters. The monoisotopic (exact) mass is 583 g/mol. The minimum atomic E-state index is -3.74. The number of aryl methyl sites for hydroxylation is 2. The lowest BCUT2D eigenvalue weighted by molar-refractivity contribution is 0.284. The number of sulfonamides is 1. The van der Waals surface area contributed by atoms with Gasteiger partial charge < -0.3 is 9.80 Å². The molecule has 0 amide bonds. The number of rotatable bonds is 6. The summed E-state index contributed by atoms with van der Waals surface area (Å²) in [5.74, 6) is 0.602. The number of nitrogens with zero attached hydrogens (tertiary/aromatic N) is 7. The largest absolute Gasteiger partial charge is 0.369 e. The van der Waals surface area contributed by atoms with Gasteiger partial charge in [0.05, 0.1) is 21.7 Å². The first-order valence-corrected chi connectivity index (χ1v) is 15.9. The average molecular weight is 584 g/mol. The minimum Gasteiger partial charge on any atom is -0.369 e. The molecule has 1 atom stereocenters. The van der Waals surface area contributed by atoms with Gasteiger partial charge in [-0.05, 0) is 74.2 Å². The quantitative estimate of drug-likeness (QED) is 0.428. The summed E-state index contributed by atoms with van der Waals surface area (Å²) < 4.78 is 29.7. The topological polar surface area (TPSA) is 108 Å². The van der Waals surface area contributed by atoms with Crippen LogP contribution in [0.25, 0.3) is 0 Å². The van der Waals surface area contributed by atoms with E-state index in [0.29, 0.717) is 48.0 Å². The molecule has 3 aromatic rings. The maximum Gasteiger partial charge on any atom is 0.243 e. The van der Waals surface area contributed by atoms with Gasteiger partial charge in [-0.15, -0.1) is 0 Å². The van der Waals surface area contributed by atoms with Crippen molar-refractivity contribution in [3.63, 3.8) is 0 Å². The Morgan fingerprint density at radius 3 is 2.38 bits per heavy atom. The molecule has 1 aromatic heterocycles. The molecule has 0 saturated carbocycles. The van der Waals surface area contributed by atoms with Gasteiger partial charge in [-0.1, -0.05) is 18.2 Å². The Kier molecular flexibility index (Phi) is 8.79. The maximum absolute atomic E-state index is 14.0. The van der Waals surface area contributed by atoms with Crippen LogP contribution < -0.4 is 9.80 Å². The van der Waals surface area contributed by atoms with Crippen LogP contribution in [0.3, 0.4) is 0 Å². The second-order valence-electron chi connectivity index (χ2n) is 11.2. The fraction of sp³-hybridized carbons (Fsp3) is 0.406. The highest BCUT2D eigenvalue weighted by atomic mass is 32.2. The number of para-hydroxylation sites is 1. The van der Waals surface area contributed by atoms with Gasteiger partial charge in [-0.2, -0.15) is 14.8 Å². The Balaban J connectivity index is 1.32. The van der Waals surface area contributed by atoms with E-state index < -0.39 is 10.0 Å². The molecule has 2 saturated heterocycles. The van der Waals surface area contributed by atoms with Gasteiger partial charge in [-0.25, -0.2) is 13.4 Å². The summed E-state index contributed by atoms with van der Waals surface area (Å²) >= 11 is 0. The molecule has 0 spiro atoms. The van der Waals surface area contributed by atoms with Crippen LogP contribution in [-0.4, -0.2) is 74.5 Å². The molecule has 0 aliphatic carbocycles. The number of hydrogen-bond donors (Lipinski definition) is 0. The number of nitriles is 2. The molecule has 0 radical (unpaired) electrons. The van der Waals surface area contributed by atoms with Crippen molar-refractivity contribution < 1.29 is 8.42 Å². The average Bonchev–Trinajstić information content (AvgIpc) is 3.23. The summed E-state index contributed by atoms with van der Waals surface area (Å²) in [7, 11) is -3.74. The van der Waals surface area contributed by atoms with Crippen molar-refractivity contribution in [1.82, 2.24) is 14.2 Å². The number of benzene rings is 2. The van der Waals surface area contributed by atoms with E-state index in [-0.39, 0.29) is 6.04 Å². The van der Waals surface area contributed by atoms with E-state index in [9.17, 15) is 18.9 Å². The number of aromatic nitrogens is 1. The van der Waals surface area contributed by atoms with Crippen molar-refractivity contribution in [2.75, 3.05) is 55.6 Å². The lowest BCUT2D eigenvalue weighted by atomic mass is 10.1. The molecule has 218 valence electrons. The van der Waals surface area contributed by atoms with E-state index in [2.05, 4.69) is 26.9 Å². The third-order valence-corrected chi connectivity index (χ3v) is 10.5. The first-order valence-electron chi connectivity index (χ1n) is 14.4. The molecule has 10 heteroatoms. The normalized spacial score (nSPS) is 18.7. The second-order valence-corrected chi connectivity index (χ2v) is 13.0. The van der Waals surface area contributed by atoms with Crippen LogP contribution in [-0.2, 0) is 16.6 Å². The Bertz CT molecular complexity index is 1640. The minimum absolute atomic E-state index is 0.283. The van der Waals surface area contributed by atoms with E-state index in [1.54, 1.807) is 22.6 Å². The Labute approximate surface area is 249 Å². The van der Waals surface area contributed by atoms with Crippen molar-refractivity contribution in [1.29, 1.82) is 10.5 Å². The molecular weight excluding hydrogens is 546 g/mol. The van der Waals surface area contributed by atoms with Crippen LogP contribution in [0.1, 0.15) is 41.2 Å². The van der Waals surface area contributed by atoms with Crippen molar-refractivity contribution in [2.24, 2.45) is 0 Å². The molecule has 2 fully saturated rings. The van der Waals surface area contributed by atoms with Crippen molar-refractivity contribution >= 4 is 21.5 Å². The summed E-state index contributed by atoms with van der Waals surface area (Å²) in [6.07, 6.45) is 2.62. The van der Waals surface area contributed by atoms with Gasteiger partial charge in [0.15, 0.2) is 0 Å². The van der Waals surface area contributed by atoms with Crippen LogP contribution in [0.4, 0.5) is 11.5 Å². The number of hydrogen-bond acceptors (Lipinski definition) is 8. The molecule has 5 rings (SSSR count). The highest BCUT2D eigenvalue weighted by molar-refractivity contribution is 7.89. The fourth-order valence-corrected chi connectivity index (χ4v) is 8.00. The van der Waals surface area contributed by atoms with E-state index in [0.717, 1.165) is 55.0 Å². The van der Waals surface area contributed by atoms with Crippen LogP contribution in [0.15, 0.2) is 59.6 Å². The third-order valence-electron chi connectivity index (χ3n) is 8.34. The summed E-state index contributed by atoms with van der Waals surface area (Å²) in [6, 6.07) is 19.3. The molecule has 2 aromatic carbocycles. The van der Waals surface area contributed by atoms with E-state index in [1.165, 1.54) is 0 Å². The molecule has 9 nitrogen and oxygen atoms in total. The Morgan fingerprint density at radius 1 is 0.881 bits per heavy atom. The van der Waals surface area contributed by atoms with Crippen LogP contribution in [0, 0.1) is 36.5 Å². The lowest BCUT2D eigenvalue weighted by Crippen LogP contribution is -2.54. The molecular formula is C32H37N7O2S. The van der Waals surface area contributed by atoms with E-state index in [1.807, 2.05) is 62.1 Å². The Morgan fingerprint density at radius 2 is 1.62 bits per heavy atom. The molecule has 42 heavy (non-hydrogen) atoms. The van der Waals surface area contributed by atoms with Crippen LogP contribution in [0.2, 0.25) is 0 Å². The summed E-state index contributed by atoms with van der Waals surface area (Å²) in [5, 5.41) is 19.1. The number of anilines is 2. The summed E-state index contributed by atoms with van der Waals surface area (Å²) in [4.78, 5) is 11.4.